The molecule has 3 rings (SSSR count). The van der Waals surface area contributed by atoms with Crippen LogP contribution in [0.4, 0.5) is 5.69 Å². The van der Waals surface area contributed by atoms with Crippen molar-refractivity contribution in [1.29, 1.82) is 5.26 Å². The van der Waals surface area contributed by atoms with Crippen LogP contribution in [-0.2, 0) is 0 Å². The summed E-state index contributed by atoms with van der Waals surface area (Å²) in [5.74, 6) is 2.08. The fourth-order valence-corrected chi connectivity index (χ4v) is 4.40. The molecular formula is C19H24N4OS3. The maximum atomic E-state index is 9.24. The zero-order valence-corrected chi connectivity index (χ0v) is 18.4. The lowest BCUT2D eigenvalue weighted by Gasteiger charge is -2.07. The van der Waals surface area contributed by atoms with Gasteiger partial charge in [0.15, 0.2) is 0 Å². The van der Waals surface area contributed by atoms with E-state index in [1.54, 1.807) is 6.20 Å². The molecule has 0 unspecified atom stereocenters. The minimum absolute atomic E-state index is 0.666. The van der Waals surface area contributed by atoms with Crippen LogP contribution in [-0.4, -0.2) is 28.1 Å². The Kier molecular flexibility index (Phi) is 8.85. The number of hydrogen-bond donors (Lipinski definition) is 2. The van der Waals surface area contributed by atoms with E-state index in [1.165, 1.54) is 23.3 Å². The Bertz CT molecular complexity index is 898. The third-order valence-corrected chi connectivity index (χ3v) is 6.24. The summed E-state index contributed by atoms with van der Waals surface area (Å²) in [7, 11) is 0. The lowest BCUT2D eigenvalue weighted by molar-refractivity contribution is 0.342. The van der Waals surface area contributed by atoms with E-state index in [-0.39, 0.29) is 0 Å². The van der Waals surface area contributed by atoms with Crippen molar-refractivity contribution in [3.8, 4) is 11.3 Å². The molecule has 5 nitrogen and oxygen atoms in total. The second kappa shape index (κ2) is 11.1. The van der Waals surface area contributed by atoms with Gasteiger partial charge in [0.05, 0.1) is 29.6 Å². The van der Waals surface area contributed by atoms with Crippen molar-refractivity contribution < 1.29 is 4.74 Å². The number of ether oxygens (including phenoxy) is 1. The molecule has 144 valence electrons. The molecule has 2 heterocycles. The highest BCUT2D eigenvalue weighted by Crippen LogP contribution is 2.34. The molecule has 0 amide bonds. The van der Waals surface area contributed by atoms with Gasteiger partial charge in [0.1, 0.15) is 10.3 Å². The van der Waals surface area contributed by atoms with Crippen LogP contribution >= 0.6 is 35.0 Å². The third-order valence-electron chi connectivity index (χ3n) is 3.55. The van der Waals surface area contributed by atoms with E-state index in [0.717, 1.165) is 37.9 Å². The van der Waals surface area contributed by atoms with Gasteiger partial charge in [-0.2, -0.15) is 17.0 Å². The highest BCUT2D eigenvalue weighted by molar-refractivity contribution is 8.02. The lowest BCUT2D eigenvalue weighted by Crippen LogP contribution is -1.99. The average Bonchev–Trinajstić information content (AvgIpc) is 3.34. The Morgan fingerprint density at radius 3 is 2.93 bits per heavy atom. The smallest absolute Gasteiger partial charge is 0.274 e. The Morgan fingerprint density at radius 2 is 2.19 bits per heavy atom. The van der Waals surface area contributed by atoms with Gasteiger partial charge < -0.3 is 14.4 Å². The SMILES string of the molecule is CC.CCSCCOc1ncc(SNc2ccc(C)c3c(C#N)c[nH]c23)s1. The average molecular weight is 421 g/mol. The normalized spacial score (nSPS) is 10.2. The number of nitriles is 1. The molecule has 0 atom stereocenters. The van der Waals surface area contributed by atoms with Crippen LogP contribution in [0, 0.1) is 18.3 Å². The van der Waals surface area contributed by atoms with E-state index in [1.807, 2.05) is 50.9 Å². The number of hydrogen-bond acceptors (Lipinski definition) is 7. The number of fused-ring (bicyclic) bond motifs is 1. The van der Waals surface area contributed by atoms with E-state index in [0.29, 0.717) is 17.4 Å². The Balaban J connectivity index is 0.00000126. The van der Waals surface area contributed by atoms with Crippen molar-refractivity contribution >= 4 is 51.6 Å². The molecule has 2 aromatic heterocycles. The van der Waals surface area contributed by atoms with Crippen LogP contribution in [0.2, 0.25) is 0 Å². The molecule has 0 spiro atoms. The van der Waals surface area contributed by atoms with E-state index in [4.69, 9.17) is 4.74 Å². The second-order valence-corrected chi connectivity index (χ2v) is 8.68. The van der Waals surface area contributed by atoms with Gasteiger partial charge in [0, 0.05) is 17.3 Å². The first-order valence-corrected chi connectivity index (χ1v) is 11.6. The second-order valence-electron chi connectivity index (χ2n) is 5.19. The number of thioether (sulfide) groups is 1. The van der Waals surface area contributed by atoms with Crippen molar-refractivity contribution in [2.45, 2.75) is 31.9 Å². The monoisotopic (exact) mass is 420 g/mol. The largest absolute Gasteiger partial charge is 0.469 e. The molecule has 8 heteroatoms. The maximum absolute atomic E-state index is 9.24. The van der Waals surface area contributed by atoms with Crippen LogP contribution in [0.1, 0.15) is 31.9 Å². The summed E-state index contributed by atoms with van der Waals surface area (Å²) >= 11 is 4.87. The zero-order chi connectivity index (χ0) is 19.6. The Labute approximate surface area is 173 Å². The van der Waals surface area contributed by atoms with E-state index < -0.39 is 0 Å². The number of aromatic nitrogens is 2. The van der Waals surface area contributed by atoms with Gasteiger partial charge in [-0.15, -0.1) is 0 Å². The first kappa shape index (κ1) is 21.5. The molecule has 0 fully saturated rings. The fourth-order valence-electron chi connectivity index (χ4n) is 2.39. The summed E-state index contributed by atoms with van der Waals surface area (Å²) in [5.41, 5.74) is 3.64. The number of thiazole rings is 1. The van der Waals surface area contributed by atoms with Crippen LogP contribution < -0.4 is 9.46 Å². The lowest BCUT2D eigenvalue weighted by atomic mass is 10.1. The van der Waals surface area contributed by atoms with Crippen molar-refractivity contribution in [2.75, 3.05) is 22.8 Å². The molecule has 0 aliphatic rings. The van der Waals surface area contributed by atoms with Crippen molar-refractivity contribution in [1.82, 2.24) is 9.97 Å². The van der Waals surface area contributed by atoms with E-state index >= 15 is 0 Å². The van der Waals surface area contributed by atoms with Crippen LogP contribution in [0.25, 0.3) is 10.9 Å². The molecule has 0 bridgehead atoms. The number of rotatable bonds is 8. The van der Waals surface area contributed by atoms with Gasteiger partial charge in [-0.1, -0.05) is 38.2 Å². The molecule has 0 saturated heterocycles. The van der Waals surface area contributed by atoms with Crippen LogP contribution in [0.15, 0.2) is 28.7 Å². The molecule has 27 heavy (non-hydrogen) atoms. The molecule has 0 aliphatic carbocycles. The summed E-state index contributed by atoms with van der Waals surface area (Å²) in [4.78, 5) is 7.49. The van der Waals surface area contributed by atoms with Gasteiger partial charge in [0.25, 0.3) is 5.19 Å². The summed E-state index contributed by atoms with van der Waals surface area (Å²) in [6, 6.07) is 6.27. The van der Waals surface area contributed by atoms with Gasteiger partial charge in [-0.3, -0.25) is 0 Å². The number of nitrogens with zero attached hydrogens (tertiary/aromatic N) is 2. The number of benzene rings is 1. The van der Waals surface area contributed by atoms with Crippen molar-refractivity contribution in [3.63, 3.8) is 0 Å². The molecule has 0 radical (unpaired) electrons. The molecule has 1 aromatic carbocycles. The number of aryl methyl sites for hydroxylation is 1. The first-order chi connectivity index (χ1) is 13.2. The minimum atomic E-state index is 0.666. The molecule has 2 N–H and O–H groups in total. The summed E-state index contributed by atoms with van der Waals surface area (Å²) in [6.07, 6.45) is 3.56. The number of aromatic amines is 1. The van der Waals surface area contributed by atoms with E-state index in [9.17, 15) is 5.26 Å². The van der Waals surface area contributed by atoms with Gasteiger partial charge in [-0.05, 0) is 36.3 Å². The molecular weight excluding hydrogens is 396 g/mol. The summed E-state index contributed by atoms with van der Waals surface area (Å²) in [5, 5.41) is 10.9. The zero-order valence-electron chi connectivity index (χ0n) is 16.0. The molecule has 3 aromatic rings. The highest BCUT2D eigenvalue weighted by atomic mass is 32.2. The van der Waals surface area contributed by atoms with E-state index in [2.05, 4.69) is 27.7 Å². The molecule has 0 aliphatic heterocycles. The van der Waals surface area contributed by atoms with Gasteiger partial charge in [-0.25, -0.2) is 4.98 Å². The maximum Gasteiger partial charge on any atom is 0.274 e. The number of anilines is 1. The number of H-pyrrole nitrogens is 1. The van der Waals surface area contributed by atoms with Crippen molar-refractivity contribution in [3.05, 3.63) is 35.7 Å². The predicted octanol–water partition coefficient (Wildman–Crippen LogP) is 6.08. The summed E-state index contributed by atoms with van der Waals surface area (Å²) < 4.78 is 10.0. The van der Waals surface area contributed by atoms with Crippen LogP contribution in [0.3, 0.4) is 0 Å². The number of nitrogens with one attached hydrogen (secondary N) is 2. The van der Waals surface area contributed by atoms with Gasteiger partial charge in [0.2, 0.25) is 0 Å². The van der Waals surface area contributed by atoms with Crippen LogP contribution in [0.5, 0.6) is 5.19 Å². The minimum Gasteiger partial charge on any atom is -0.469 e. The Morgan fingerprint density at radius 1 is 1.37 bits per heavy atom. The topological polar surface area (TPSA) is 73.7 Å². The predicted molar refractivity (Wildman–Crippen MR) is 119 cm³/mol. The van der Waals surface area contributed by atoms with Gasteiger partial charge >= 0.3 is 0 Å². The molecule has 0 saturated carbocycles. The third kappa shape index (κ3) is 5.58. The quantitative estimate of drug-likeness (QED) is 0.340. The van der Waals surface area contributed by atoms with Crippen molar-refractivity contribution in [2.24, 2.45) is 0 Å². The standard InChI is InChI=1S/C17H18N4OS3.C2H6/c1-3-23-7-6-22-17-20-10-14(24-17)25-21-13-5-4-11(2)15-12(8-18)9-19-16(13)15;1-2/h4-5,9-10,19,21H,3,6-7H2,1-2H3;1-2H3. The fraction of sp³-hybridized carbons (Fsp3) is 0.368. The summed E-state index contributed by atoms with van der Waals surface area (Å²) in [6.45, 7) is 8.83. The Hall–Kier alpha value is -1.82. The highest BCUT2D eigenvalue weighted by Gasteiger charge is 2.11. The first-order valence-electron chi connectivity index (χ1n) is 8.83.